The van der Waals surface area contributed by atoms with Crippen LogP contribution in [0.4, 0.5) is 0 Å². The molecule has 13 heavy (non-hydrogen) atoms. The molecule has 0 spiro atoms. The maximum Gasteiger partial charge on any atom is 0.0554 e. The van der Waals surface area contributed by atoms with Gasteiger partial charge in [0.2, 0.25) is 0 Å². The van der Waals surface area contributed by atoms with Gasteiger partial charge in [0.05, 0.1) is 13.2 Å². The molecule has 78 valence electrons. The Labute approximate surface area is 82.0 Å². The zero-order chi connectivity index (χ0) is 9.73. The summed E-state index contributed by atoms with van der Waals surface area (Å²) in [5, 5.41) is 3.58. The van der Waals surface area contributed by atoms with Gasteiger partial charge in [-0.1, -0.05) is 26.7 Å². The van der Waals surface area contributed by atoms with E-state index in [0.29, 0.717) is 11.5 Å². The molecule has 0 aromatic carbocycles. The second-order valence-electron chi connectivity index (χ2n) is 4.73. The molecule has 0 radical (unpaired) electrons. The Morgan fingerprint density at radius 2 is 2.15 bits per heavy atom. The molecular formula is C11H23NO. The maximum absolute atomic E-state index is 5.21. The summed E-state index contributed by atoms with van der Waals surface area (Å²) in [6.45, 7) is 9.78. The molecule has 0 saturated carbocycles. The van der Waals surface area contributed by atoms with Crippen molar-refractivity contribution in [2.75, 3.05) is 19.8 Å². The summed E-state index contributed by atoms with van der Waals surface area (Å²) < 4.78 is 5.21. The van der Waals surface area contributed by atoms with Crippen molar-refractivity contribution in [2.45, 2.75) is 46.1 Å². The van der Waals surface area contributed by atoms with Gasteiger partial charge in [-0.2, -0.15) is 0 Å². The van der Waals surface area contributed by atoms with Crippen molar-refractivity contribution in [3.05, 3.63) is 0 Å². The fourth-order valence-corrected chi connectivity index (χ4v) is 1.59. The molecule has 1 aliphatic heterocycles. The Balaban J connectivity index is 2.03. The molecule has 2 heteroatoms. The SMILES string of the molecule is CCCCC(C)NCC1(C)COC1. The van der Waals surface area contributed by atoms with E-state index in [1.807, 2.05) is 0 Å². The predicted octanol–water partition coefficient (Wildman–Crippen LogP) is 2.19. The molecule has 0 amide bonds. The first-order valence-electron chi connectivity index (χ1n) is 5.47. The van der Waals surface area contributed by atoms with Gasteiger partial charge < -0.3 is 10.1 Å². The van der Waals surface area contributed by atoms with Crippen molar-refractivity contribution in [3.63, 3.8) is 0 Å². The minimum absolute atomic E-state index is 0.417. The van der Waals surface area contributed by atoms with Gasteiger partial charge in [-0.05, 0) is 13.3 Å². The molecule has 1 unspecified atom stereocenters. The molecule has 1 heterocycles. The van der Waals surface area contributed by atoms with Crippen LogP contribution in [0.25, 0.3) is 0 Å². The van der Waals surface area contributed by atoms with Crippen LogP contribution in [0.15, 0.2) is 0 Å². The van der Waals surface area contributed by atoms with Crippen LogP contribution in [-0.2, 0) is 4.74 Å². The van der Waals surface area contributed by atoms with Gasteiger partial charge in [-0.15, -0.1) is 0 Å². The zero-order valence-corrected chi connectivity index (χ0v) is 9.23. The maximum atomic E-state index is 5.21. The molecular weight excluding hydrogens is 162 g/mol. The number of nitrogens with one attached hydrogen (secondary N) is 1. The minimum atomic E-state index is 0.417. The molecule has 1 N–H and O–H groups in total. The lowest BCUT2D eigenvalue weighted by Crippen LogP contribution is -2.49. The van der Waals surface area contributed by atoms with E-state index in [1.54, 1.807) is 0 Å². The van der Waals surface area contributed by atoms with Crippen LogP contribution in [0.2, 0.25) is 0 Å². The highest BCUT2D eigenvalue weighted by Crippen LogP contribution is 2.25. The zero-order valence-electron chi connectivity index (χ0n) is 9.23. The van der Waals surface area contributed by atoms with Crippen LogP contribution in [-0.4, -0.2) is 25.8 Å². The summed E-state index contributed by atoms with van der Waals surface area (Å²) in [6.07, 6.45) is 3.93. The second kappa shape index (κ2) is 4.97. The van der Waals surface area contributed by atoms with E-state index < -0.39 is 0 Å². The molecule has 1 saturated heterocycles. The molecule has 0 aromatic heterocycles. The summed E-state index contributed by atoms with van der Waals surface area (Å²) in [5.41, 5.74) is 0.417. The van der Waals surface area contributed by atoms with Crippen molar-refractivity contribution in [1.29, 1.82) is 0 Å². The van der Waals surface area contributed by atoms with Crippen molar-refractivity contribution in [1.82, 2.24) is 5.32 Å². The second-order valence-corrected chi connectivity index (χ2v) is 4.73. The van der Waals surface area contributed by atoms with Crippen LogP contribution in [0.1, 0.15) is 40.0 Å². The summed E-state index contributed by atoms with van der Waals surface area (Å²) in [7, 11) is 0. The lowest BCUT2D eigenvalue weighted by molar-refractivity contribution is -0.0999. The normalized spacial score (nSPS) is 22.4. The van der Waals surface area contributed by atoms with Gasteiger partial charge in [0.25, 0.3) is 0 Å². The third kappa shape index (κ3) is 3.65. The van der Waals surface area contributed by atoms with Gasteiger partial charge in [-0.3, -0.25) is 0 Å². The highest BCUT2D eigenvalue weighted by Gasteiger charge is 2.32. The molecule has 1 rings (SSSR count). The smallest absolute Gasteiger partial charge is 0.0554 e. The molecule has 1 atom stereocenters. The van der Waals surface area contributed by atoms with Crippen LogP contribution >= 0.6 is 0 Å². The van der Waals surface area contributed by atoms with Gasteiger partial charge in [-0.25, -0.2) is 0 Å². The molecule has 0 aromatic rings. The minimum Gasteiger partial charge on any atom is -0.380 e. The van der Waals surface area contributed by atoms with Crippen LogP contribution in [0, 0.1) is 5.41 Å². The Hall–Kier alpha value is -0.0800. The molecule has 2 nitrogen and oxygen atoms in total. The van der Waals surface area contributed by atoms with Gasteiger partial charge >= 0.3 is 0 Å². The van der Waals surface area contributed by atoms with E-state index in [0.717, 1.165) is 19.8 Å². The van der Waals surface area contributed by atoms with Gasteiger partial charge in [0.15, 0.2) is 0 Å². The number of unbranched alkanes of at least 4 members (excludes halogenated alkanes) is 1. The van der Waals surface area contributed by atoms with Gasteiger partial charge in [0, 0.05) is 18.0 Å². The Kier molecular flexibility index (Phi) is 4.20. The largest absolute Gasteiger partial charge is 0.380 e. The third-order valence-electron chi connectivity index (χ3n) is 2.77. The summed E-state index contributed by atoms with van der Waals surface area (Å²) in [5.74, 6) is 0. The topological polar surface area (TPSA) is 21.3 Å². The molecule has 1 fully saturated rings. The summed E-state index contributed by atoms with van der Waals surface area (Å²) in [4.78, 5) is 0. The van der Waals surface area contributed by atoms with E-state index in [-0.39, 0.29) is 0 Å². The van der Waals surface area contributed by atoms with Crippen molar-refractivity contribution in [3.8, 4) is 0 Å². The van der Waals surface area contributed by atoms with Crippen molar-refractivity contribution < 1.29 is 4.74 Å². The first-order valence-corrected chi connectivity index (χ1v) is 5.47. The number of hydrogen-bond donors (Lipinski definition) is 1. The lowest BCUT2D eigenvalue weighted by atomic mass is 9.88. The summed E-state index contributed by atoms with van der Waals surface area (Å²) >= 11 is 0. The highest BCUT2D eigenvalue weighted by molar-refractivity contribution is 4.83. The Morgan fingerprint density at radius 3 is 2.62 bits per heavy atom. The average Bonchev–Trinajstić information content (AvgIpc) is 2.08. The number of rotatable bonds is 6. The first kappa shape index (κ1) is 11.0. The quantitative estimate of drug-likeness (QED) is 0.685. The average molecular weight is 185 g/mol. The monoisotopic (exact) mass is 185 g/mol. The summed E-state index contributed by atoms with van der Waals surface area (Å²) in [6, 6.07) is 0.664. The predicted molar refractivity (Wildman–Crippen MR) is 55.9 cm³/mol. The van der Waals surface area contributed by atoms with E-state index in [2.05, 4.69) is 26.1 Å². The molecule has 0 bridgehead atoms. The third-order valence-corrected chi connectivity index (χ3v) is 2.77. The first-order chi connectivity index (χ1) is 6.16. The van der Waals surface area contributed by atoms with E-state index in [1.165, 1.54) is 19.3 Å². The van der Waals surface area contributed by atoms with Crippen molar-refractivity contribution in [2.24, 2.45) is 5.41 Å². The van der Waals surface area contributed by atoms with Gasteiger partial charge in [0.1, 0.15) is 0 Å². The number of hydrogen-bond acceptors (Lipinski definition) is 2. The molecule has 0 aliphatic carbocycles. The Bertz CT molecular complexity index is 143. The molecule has 1 aliphatic rings. The fourth-order valence-electron chi connectivity index (χ4n) is 1.59. The number of ether oxygens (including phenoxy) is 1. The van der Waals surface area contributed by atoms with Crippen molar-refractivity contribution >= 4 is 0 Å². The van der Waals surface area contributed by atoms with Crippen LogP contribution in [0.3, 0.4) is 0 Å². The Morgan fingerprint density at radius 1 is 1.46 bits per heavy atom. The van der Waals surface area contributed by atoms with E-state index in [4.69, 9.17) is 4.74 Å². The van der Waals surface area contributed by atoms with Crippen LogP contribution in [0.5, 0.6) is 0 Å². The van der Waals surface area contributed by atoms with E-state index >= 15 is 0 Å². The van der Waals surface area contributed by atoms with Crippen LogP contribution < -0.4 is 5.32 Å². The van der Waals surface area contributed by atoms with E-state index in [9.17, 15) is 0 Å². The highest BCUT2D eigenvalue weighted by atomic mass is 16.5. The fraction of sp³-hybridized carbons (Fsp3) is 1.00. The lowest BCUT2D eigenvalue weighted by Gasteiger charge is -2.39. The standard InChI is InChI=1S/C11H23NO/c1-4-5-6-10(2)12-7-11(3)8-13-9-11/h10,12H,4-9H2,1-3H3.